The summed E-state index contributed by atoms with van der Waals surface area (Å²) >= 11 is 1.55. The van der Waals surface area contributed by atoms with Crippen LogP contribution >= 0.6 is 11.8 Å². The minimum Gasteiger partial charge on any atom is -0.428 e. The van der Waals surface area contributed by atoms with Crippen LogP contribution in [0.4, 0.5) is 0 Å². The standard InChI is InChI=1S/C8H8O2S/c1-11-8-5-3-2-4-7(8)10-6-9/h2-6H,1H3. The Bertz CT molecular complexity index is 248. The van der Waals surface area contributed by atoms with Gasteiger partial charge in [0.1, 0.15) is 5.75 Å². The van der Waals surface area contributed by atoms with E-state index in [1.807, 2.05) is 24.5 Å². The number of para-hydroxylation sites is 1. The second-order valence-corrected chi connectivity index (χ2v) is 2.71. The van der Waals surface area contributed by atoms with Gasteiger partial charge in [-0.15, -0.1) is 11.8 Å². The largest absolute Gasteiger partial charge is 0.428 e. The molecule has 1 aromatic carbocycles. The molecule has 0 unspecified atom stereocenters. The molecule has 0 aliphatic heterocycles. The Hall–Kier alpha value is -0.960. The Balaban J connectivity index is 2.92. The molecule has 0 heterocycles. The lowest BCUT2D eigenvalue weighted by Crippen LogP contribution is -1.89. The molecular weight excluding hydrogens is 160 g/mol. The molecule has 0 amide bonds. The van der Waals surface area contributed by atoms with Gasteiger partial charge in [0.15, 0.2) is 0 Å². The highest BCUT2D eigenvalue weighted by molar-refractivity contribution is 7.98. The molecule has 0 spiro atoms. The molecule has 2 nitrogen and oxygen atoms in total. The zero-order chi connectivity index (χ0) is 8.10. The Labute approximate surface area is 69.6 Å². The van der Waals surface area contributed by atoms with E-state index >= 15 is 0 Å². The highest BCUT2D eigenvalue weighted by Crippen LogP contribution is 2.26. The lowest BCUT2D eigenvalue weighted by Gasteiger charge is -2.01. The van der Waals surface area contributed by atoms with Gasteiger partial charge in [-0.05, 0) is 18.4 Å². The fourth-order valence-corrected chi connectivity index (χ4v) is 1.30. The van der Waals surface area contributed by atoms with Crippen LogP contribution in [-0.2, 0) is 4.79 Å². The van der Waals surface area contributed by atoms with Gasteiger partial charge in [0.25, 0.3) is 6.47 Å². The molecule has 0 N–H and O–H groups in total. The van der Waals surface area contributed by atoms with Gasteiger partial charge in [-0.1, -0.05) is 12.1 Å². The maximum atomic E-state index is 10.0. The van der Waals surface area contributed by atoms with Crippen LogP contribution < -0.4 is 4.74 Å². The summed E-state index contributed by atoms with van der Waals surface area (Å²) < 4.78 is 4.73. The fourth-order valence-electron chi connectivity index (χ4n) is 0.768. The van der Waals surface area contributed by atoms with Crippen LogP contribution in [0, 0.1) is 0 Å². The second kappa shape index (κ2) is 4.03. The number of hydrogen-bond donors (Lipinski definition) is 0. The molecule has 0 atom stereocenters. The first-order valence-electron chi connectivity index (χ1n) is 3.12. The Morgan fingerprint density at radius 3 is 2.82 bits per heavy atom. The van der Waals surface area contributed by atoms with Gasteiger partial charge < -0.3 is 4.74 Å². The second-order valence-electron chi connectivity index (χ2n) is 1.86. The van der Waals surface area contributed by atoms with Gasteiger partial charge in [0, 0.05) is 4.90 Å². The first-order valence-corrected chi connectivity index (χ1v) is 4.34. The minimum absolute atomic E-state index is 0.440. The van der Waals surface area contributed by atoms with Gasteiger partial charge in [-0.3, -0.25) is 4.79 Å². The normalized spacial score (nSPS) is 9.18. The predicted molar refractivity (Wildman–Crippen MR) is 44.9 cm³/mol. The van der Waals surface area contributed by atoms with Crippen molar-refractivity contribution in [2.45, 2.75) is 4.90 Å². The van der Waals surface area contributed by atoms with Crippen molar-refractivity contribution in [3.63, 3.8) is 0 Å². The summed E-state index contributed by atoms with van der Waals surface area (Å²) in [6.45, 7) is 0.440. The van der Waals surface area contributed by atoms with Crippen LogP contribution in [0.2, 0.25) is 0 Å². The van der Waals surface area contributed by atoms with E-state index in [2.05, 4.69) is 0 Å². The van der Waals surface area contributed by atoms with Crippen molar-refractivity contribution in [1.29, 1.82) is 0 Å². The van der Waals surface area contributed by atoms with E-state index in [-0.39, 0.29) is 0 Å². The van der Waals surface area contributed by atoms with E-state index in [0.29, 0.717) is 12.2 Å². The average molecular weight is 168 g/mol. The number of ether oxygens (including phenoxy) is 1. The van der Waals surface area contributed by atoms with Crippen molar-refractivity contribution in [2.24, 2.45) is 0 Å². The average Bonchev–Trinajstić information content (AvgIpc) is 2.06. The summed E-state index contributed by atoms with van der Waals surface area (Å²) in [6, 6.07) is 7.41. The topological polar surface area (TPSA) is 26.3 Å². The van der Waals surface area contributed by atoms with Crippen LogP contribution in [0.1, 0.15) is 0 Å². The number of thioether (sulfide) groups is 1. The van der Waals surface area contributed by atoms with E-state index in [1.165, 1.54) is 0 Å². The molecule has 0 saturated heterocycles. The summed E-state index contributed by atoms with van der Waals surface area (Å²) in [5, 5.41) is 0. The summed E-state index contributed by atoms with van der Waals surface area (Å²) in [5.74, 6) is 0.620. The SMILES string of the molecule is CSc1ccccc1OC=O. The van der Waals surface area contributed by atoms with Gasteiger partial charge in [0.2, 0.25) is 0 Å². The monoisotopic (exact) mass is 168 g/mol. The third kappa shape index (κ3) is 1.98. The van der Waals surface area contributed by atoms with Crippen molar-refractivity contribution < 1.29 is 9.53 Å². The molecule has 1 rings (SSSR count). The van der Waals surface area contributed by atoms with Crippen LogP contribution in [0.15, 0.2) is 29.2 Å². The molecule has 0 bridgehead atoms. The molecule has 0 aromatic heterocycles. The van der Waals surface area contributed by atoms with E-state index < -0.39 is 0 Å². The Morgan fingerprint density at radius 1 is 1.45 bits per heavy atom. The Morgan fingerprint density at radius 2 is 2.18 bits per heavy atom. The lowest BCUT2D eigenvalue weighted by molar-refractivity contribution is -0.120. The minimum atomic E-state index is 0.440. The number of carbonyl (C=O) groups is 1. The van der Waals surface area contributed by atoms with E-state index in [4.69, 9.17) is 4.74 Å². The fraction of sp³-hybridized carbons (Fsp3) is 0.125. The number of benzene rings is 1. The van der Waals surface area contributed by atoms with Gasteiger partial charge >= 0.3 is 0 Å². The molecule has 3 heteroatoms. The van der Waals surface area contributed by atoms with Crippen molar-refractivity contribution >= 4 is 18.2 Å². The highest BCUT2D eigenvalue weighted by atomic mass is 32.2. The van der Waals surface area contributed by atoms with E-state index in [0.717, 1.165) is 4.90 Å². The lowest BCUT2D eigenvalue weighted by atomic mass is 10.3. The number of hydrogen-bond acceptors (Lipinski definition) is 3. The summed E-state index contributed by atoms with van der Waals surface area (Å²) in [7, 11) is 0. The number of carbonyl (C=O) groups excluding carboxylic acids is 1. The van der Waals surface area contributed by atoms with Crippen LogP contribution in [0.25, 0.3) is 0 Å². The maximum Gasteiger partial charge on any atom is 0.298 e. The first-order chi connectivity index (χ1) is 5.38. The summed E-state index contributed by atoms with van der Waals surface area (Å²) in [6.07, 6.45) is 1.94. The summed E-state index contributed by atoms with van der Waals surface area (Å²) in [4.78, 5) is 11.0. The third-order valence-corrected chi connectivity index (χ3v) is 2.02. The maximum absolute atomic E-state index is 10.0. The molecule has 0 radical (unpaired) electrons. The van der Waals surface area contributed by atoms with Crippen LogP contribution in [0.3, 0.4) is 0 Å². The van der Waals surface area contributed by atoms with E-state index in [1.54, 1.807) is 17.8 Å². The zero-order valence-electron chi connectivity index (χ0n) is 6.11. The molecule has 11 heavy (non-hydrogen) atoms. The molecule has 0 fully saturated rings. The summed E-state index contributed by atoms with van der Waals surface area (Å²) in [5.41, 5.74) is 0. The highest BCUT2D eigenvalue weighted by Gasteiger charge is 1.98. The molecular formula is C8H8O2S. The smallest absolute Gasteiger partial charge is 0.298 e. The van der Waals surface area contributed by atoms with Crippen molar-refractivity contribution in [3.8, 4) is 5.75 Å². The van der Waals surface area contributed by atoms with Gasteiger partial charge in [-0.25, -0.2) is 0 Å². The van der Waals surface area contributed by atoms with Gasteiger partial charge in [-0.2, -0.15) is 0 Å². The van der Waals surface area contributed by atoms with Crippen LogP contribution in [-0.4, -0.2) is 12.7 Å². The number of rotatable bonds is 3. The quantitative estimate of drug-likeness (QED) is 0.509. The predicted octanol–water partition coefficient (Wildman–Crippen LogP) is 1.94. The van der Waals surface area contributed by atoms with E-state index in [9.17, 15) is 4.79 Å². The molecule has 58 valence electrons. The molecule has 1 aromatic rings. The van der Waals surface area contributed by atoms with Crippen LogP contribution in [0.5, 0.6) is 5.75 Å². The Kier molecular flexibility index (Phi) is 2.98. The van der Waals surface area contributed by atoms with Gasteiger partial charge in [0.05, 0.1) is 0 Å². The molecule has 0 saturated carbocycles. The third-order valence-electron chi connectivity index (χ3n) is 1.24. The van der Waals surface area contributed by atoms with Crippen molar-refractivity contribution in [3.05, 3.63) is 24.3 Å². The first kappa shape index (κ1) is 8.14. The molecule has 0 aliphatic carbocycles. The van der Waals surface area contributed by atoms with Crippen molar-refractivity contribution in [2.75, 3.05) is 6.26 Å². The van der Waals surface area contributed by atoms with Crippen molar-refractivity contribution in [1.82, 2.24) is 0 Å². The molecule has 0 aliphatic rings. The zero-order valence-corrected chi connectivity index (χ0v) is 6.93.